The minimum Gasteiger partial charge on any atom is -0.453 e. The van der Waals surface area contributed by atoms with E-state index in [4.69, 9.17) is 4.74 Å². The van der Waals surface area contributed by atoms with Crippen LogP contribution in [-0.4, -0.2) is 59.0 Å². The third kappa shape index (κ3) is 5.29. The summed E-state index contributed by atoms with van der Waals surface area (Å²) >= 11 is 1.43. The Morgan fingerprint density at radius 2 is 1.89 bits per heavy atom. The number of hydrogen-bond donors (Lipinski definition) is 3. The van der Waals surface area contributed by atoms with Gasteiger partial charge in [-0.05, 0) is 43.2 Å². The van der Waals surface area contributed by atoms with Crippen molar-refractivity contribution in [3.05, 3.63) is 66.2 Å². The van der Waals surface area contributed by atoms with Gasteiger partial charge in [-0.15, -0.1) is 11.3 Å². The molecule has 0 bridgehead atoms. The van der Waals surface area contributed by atoms with Gasteiger partial charge in [0.15, 0.2) is 11.6 Å². The number of amides is 3. The van der Waals surface area contributed by atoms with Crippen molar-refractivity contribution in [1.29, 1.82) is 0 Å². The molecular weight excluding hydrogens is 507 g/mol. The van der Waals surface area contributed by atoms with Crippen molar-refractivity contribution in [3.63, 3.8) is 0 Å². The largest absolute Gasteiger partial charge is 0.453 e. The topological polar surface area (TPSA) is 108 Å². The van der Waals surface area contributed by atoms with Gasteiger partial charge in [0.2, 0.25) is 0 Å². The van der Waals surface area contributed by atoms with Crippen molar-refractivity contribution < 1.29 is 18.7 Å². The van der Waals surface area contributed by atoms with E-state index in [0.29, 0.717) is 41.3 Å². The van der Waals surface area contributed by atoms with Crippen LogP contribution in [-0.2, 0) is 0 Å². The lowest BCUT2D eigenvalue weighted by Crippen LogP contribution is -2.46. The number of piperazine rings is 1. The molecule has 3 amide bonds. The molecule has 3 N–H and O–H groups in total. The lowest BCUT2D eigenvalue weighted by molar-refractivity contribution is 0.0735. The van der Waals surface area contributed by atoms with E-state index in [9.17, 15) is 14.0 Å². The molecule has 11 heteroatoms. The van der Waals surface area contributed by atoms with Crippen LogP contribution in [0, 0.1) is 5.82 Å². The van der Waals surface area contributed by atoms with Gasteiger partial charge in [-0.1, -0.05) is 0 Å². The van der Waals surface area contributed by atoms with Crippen LogP contribution in [0.15, 0.2) is 54.9 Å². The fourth-order valence-corrected chi connectivity index (χ4v) is 5.24. The van der Waals surface area contributed by atoms with Gasteiger partial charge >= 0.3 is 6.03 Å². The average Bonchev–Trinajstić information content (AvgIpc) is 3.64. The van der Waals surface area contributed by atoms with Gasteiger partial charge < -0.3 is 25.6 Å². The first-order valence-electron chi connectivity index (χ1n) is 12.4. The van der Waals surface area contributed by atoms with Gasteiger partial charge in [0.1, 0.15) is 5.75 Å². The molecule has 2 aliphatic rings. The second kappa shape index (κ2) is 10.3. The molecular formula is C27H25FN6O3S. The van der Waals surface area contributed by atoms with Crippen molar-refractivity contribution in [2.45, 2.75) is 18.9 Å². The number of nitrogens with one attached hydrogen (secondary N) is 3. The first-order valence-corrected chi connectivity index (χ1v) is 13.2. The molecule has 3 aromatic heterocycles. The Balaban J connectivity index is 1.18. The van der Waals surface area contributed by atoms with Gasteiger partial charge in [0.05, 0.1) is 26.4 Å². The zero-order valence-electron chi connectivity index (χ0n) is 20.4. The Morgan fingerprint density at radius 1 is 1.05 bits per heavy atom. The maximum absolute atomic E-state index is 14.8. The van der Waals surface area contributed by atoms with E-state index in [-0.39, 0.29) is 23.7 Å². The van der Waals surface area contributed by atoms with Crippen molar-refractivity contribution in [1.82, 2.24) is 25.5 Å². The third-order valence-electron chi connectivity index (χ3n) is 6.37. The molecule has 4 aromatic rings. The molecule has 1 aliphatic heterocycles. The maximum Gasteiger partial charge on any atom is 0.319 e. The Morgan fingerprint density at radius 3 is 2.63 bits per heavy atom. The number of nitrogens with zero attached hydrogens (tertiary/aromatic N) is 3. The second-order valence-electron chi connectivity index (χ2n) is 9.23. The lowest BCUT2D eigenvalue weighted by atomic mass is 10.2. The van der Waals surface area contributed by atoms with Crippen LogP contribution < -0.4 is 20.7 Å². The van der Waals surface area contributed by atoms with E-state index in [1.54, 1.807) is 30.6 Å². The fraction of sp³-hybridized carbons (Fsp3) is 0.259. The van der Waals surface area contributed by atoms with Crippen LogP contribution in [0.1, 0.15) is 23.2 Å². The predicted molar refractivity (Wildman–Crippen MR) is 143 cm³/mol. The predicted octanol–water partition coefficient (Wildman–Crippen LogP) is 4.62. The SMILES string of the molecule is O=C(Nc1ccc(Oc2ccnc3cc(-c4ccc(C(=O)N5CCNCC5)cn4)sc23)c(F)c1)NC1CC1. The summed E-state index contributed by atoms with van der Waals surface area (Å²) in [5.41, 5.74) is 2.30. The van der Waals surface area contributed by atoms with E-state index in [0.717, 1.165) is 35.5 Å². The molecule has 9 nitrogen and oxygen atoms in total. The summed E-state index contributed by atoms with van der Waals surface area (Å²) in [7, 11) is 0. The zero-order chi connectivity index (χ0) is 26.1. The number of thiophene rings is 1. The number of fused-ring (bicyclic) bond motifs is 1. The van der Waals surface area contributed by atoms with Gasteiger partial charge in [-0.3, -0.25) is 14.8 Å². The number of ether oxygens (including phenoxy) is 1. The molecule has 1 aliphatic carbocycles. The monoisotopic (exact) mass is 532 g/mol. The quantitative estimate of drug-likeness (QED) is 0.335. The summed E-state index contributed by atoms with van der Waals surface area (Å²) in [6.07, 6.45) is 5.15. The molecule has 194 valence electrons. The number of benzene rings is 1. The summed E-state index contributed by atoms with van der Waals surface area (Å²) in [5.74, 6) is -0.120. The Bertz CT molecular complexity index is 1500. The normalized spacial score (nSPS) is 15.3. The summed E-state index contributed by atoms with van der Waals surface area (Å²) in [5, 5.41) is 8.68. The highest BCUT2D eigenvalue weighted by atomic mass is 32.1. The minimum absolute atomic E-state index is 0.0222. The van der Waals surface area contributed by atoms with Crippen LogP contribution >= 0.6 is 11.3 Å². The van der Waals surface area contributed by atoms with Crippen LogP contribution in [0.25, 0.3) is 20.8 Å². The molecule has 6 rings (SSSR count). The van der Waals surface area contributed by atoms with Crippen molar-refractivity contribution in [3.8, 4) is 22.1 Å². The number of carbonyl (C=O) groups excluding carboxylic acids is 2. The molecule has 38 heavy (non-hydrogen) atoms. The summed E-state index contributed by atoms with van der Waals surface area (Å²) in [6.45, 7) is 2.94. The van der Waals surface area contributed by atoms with Gasteiger partial charge in [0.25, 0.3) is 5.91 Å². The highest BCUT2D eigenvalue weighted by Crippen LogP contribution is 2.39. The number of carbonyl (C=O) groups is 2. The second-order valence-corrected chi connectivity index (χ2v) is 10.3. The molecule has 4 heterocycles. The zero-order valence-corrected chi connectivity index (χ0v) is 21.2. The van der Waals surface area contributed by atoms with Crippen molar-refractivity contribution in [2.24, 2.45) is 0 Å². The Labute approximate surface area is 222 Å². The van der Waals surface area contributed by atoms with E-state index < -0.39 is 5.82 Å². The van der Waals surface area contributed by atoms with Crippen LogP contribution in [0.3, 0.4) is 0 Å². The van der Waals surface area contributed by atoms with Crippen LogP contribution in [0.4, 0.5) is 14.9 Å². The van der Waals surface area contributed by atoms with Crippen LogP contribution in [0.5, 0.6) is 11.5 Å². The van der Waals surface area contributed by atoms with E-state index in [1.807, 2.05) is 17.0 Å². The molecule has 0 unspecified atom stereocenters. The van der Waals surface area contributed by atoms with Crippen molar-refractivity contribution in [2.75, 3.05) is 31.5 Å². The Hall–Kier alpha value is -4.09. The number of hydrogen-bond acceptors (Lipinski definition) is 7. The molecule has 1 saturated heterocycles. The highest BCUT2D eigenvalue weighted by molar-refractivity contribution is 7.22. The summed E-state index contributed by atoms with van der Waals surface area (Å²) < 4.78 is 21.5. The molecule has 2 fully saturated rings. The number of aromatic nitrogens is 2. The molecule has 1 saturated carbocycles. The first kappa shape index (κ1) is 24.3. The minimum atomic E-state index is -0.595. The fourth-order valence-electron chi connectivity index (χ4n) is 4.20. The number of anilines is 1. The van der Waals surface area contributed by atoms with Crippen LogP contribution in [0.2, 0.25) is 0 Å². The lowest BCUT2D eigenvalue weighted by Gasteiger charge is -2.27. The smallest absolute Gasteiger partial charge is 0.319 e. The van der Waals surface area contributed by atoms with Gasteiger partial charge in [-0.2, -0.15) is 0 Å². The van der Waals surface area contributed by atoms with Gasteiger partial charge in [-0.25, -0.2) is 9.18 Å². The molecule has 0 atom stereocenters. The van der Waals surface area contributed by atoms with E-state index in [2.05, 4.69) is 25.9 Å². The molecule has 0 radical (unpaired) electrons. The Kier molecular flexibility index (Phi) is 6.61. The summed E-state index contributed by atoms with van der Waals surface area (Å²) in [4.78, 5) is 36.3. The average molecular weight is 533 g/mol. The number of pyridine rings is 2. The first-order chi connectivity index (χ1) is 18.5. The number of rotatable bonds is 6. The molecule has 0 spiro atoms. The van der Waals surface area contributed by atoms with E-state index >= 15 is 0 Å². The van der Waals surface area contributed by atoms with Crippen molar-refractivity contribution >= 4 is 39.2 Å². The maximum atomic E-state index is 14.8. The number of halogens is 1. The standard InChI is InChI=1S/C27H25FN6O3S/c28-19-13-18(33-27(36)32-17-2-3-17)4-6-22(19)37-23-7-8-30-21-14-24(38-25(21)23)20-5-1-16(15-31-20)26(35)34-11-9-29-10-12-34/h1,4-8,13-15,17,29H,2-3,9-12H2,(H2,32,33,36). The number of urea groups is 1. The van der Waals surface area contributed by atoms with E-state index in [1.165, 1.54) is 23.5 Å². The summed E-state index contributed by atoms with van der Waals surface area (Å²) in [6, 6.07) is 11.4. The highest BCUT2D eigenvalue weighted by Gasteiger charge is 2.23. The molecule has 1 aromatic carbocycles. The third-order valence-corrected chi connectivity index (χ3v) is 7.53. The van der Waals surface area contributed by atoms with Gasteiger partial charge in [0, 0.05) is 62.4 Å².